The van der Waals surface area contributed by atoms with Crippen LogP contribution in [0.4, 0.5) is 0 Å². The predicted octanol–water partition coefficient (Wildman–Crippen LogP) is 4.04. The first-order valence-electron chi connectivity index (χ1n) is 5.13. The van der Waals surface area contributed by atoms with E-state index in [4.69, 9.17) is 0 Å². The number of rotatable bonds is 4. The molecule has 0 saturated carbocycles. The first kappa shape index (κ1) is 10.3. The molecule has 0 N–H and O–H groups in total. The van der Waals surface area contributed by atoms with Gasteiger partial charge in [-0.15, -0.1) is 0 Å². The summed E-state index contributed by atoms with van der Waals surface area (Å²) < 4.78 is 0. The smallest absolute Gasteiger partial charge is 0.0136 e. The second-order valence-electron chi connectivity index (χ2n) is 3.69. The lowest BCUT2D eigenvalue weighted by Gasteiger charge is -2.21. The number of hydrogen-bond donors (Lipinski definition) is 0. The molecule has 0 heterocycles. The Labute approximate surface area is 82.0 Å². The molecule has 0 spiro atoms. The van der Waals surface area contributed by atoms with Crippen LogP contribution in [0, 0.1) is 12.8 Å². The maximum Gasteiger partial charge on any atom is -0.0136 e. The van der Waals surface area contributed by atoms with Crippen molar-refractivity contribution in [1.29, 1.82) is 0 Å². The van der Waals surface area contributed by atoms with Crippen LogP contribution in [-0.2, 0) is 0 Å². The molecule has 1 radical (unpaired) electrons. The zero-order valence-electron chi connectivity index (χ0n) is 8.66. The van der Waals surface area contributed by atoms with E-state index in [0.29, 0.717) is 5.92 Å². The molecular weight excluding hydrogens is 156 g/mol. The van der Waals surface area contributed by atoms with Crippen LogP contribution < -0.4 is 0 Å². The minimum Gasteiger partial charge on any atom is -0.0651 e. The van der Waals surface area contributed by atoms with Gasteiger partial charge >= 0.3 is 0 Å². The van der Waals surface area contributed by atoms with Gasteiger partial charge in [0.1, 0.15) is 0 Å². The zero-order valence-corrected chi connectivity index (χ0v) is 8.66. The first-order valence-corrected chi connectivity index (χ1v) is 5.13. The Morgan fingerprint density at radius 3 is 2.31 bits per heavy atom. The second-order valence-corrected chi connectivity index (χ2v) is 3.69. The molecule has 0 aliphatic heterocycles. The van der Waals surface area contributed by atoms with Crippen LogP contribution in [-0.4, -0.2) is 0 Å². The molecule has 13 heavy (non-hydrogen) atoms. The highest BCUT2D eigenvalue weighted by molar-refractivity contribution is 5.20. The highest BCUT2D eigenvalue weighted by Gasteiger charge is 2.14. The Balaban J connectivity index is 2.78. The highest BCUT2D eigenvalue weighted by Crippen LogP contribution is 2.29. The van der Waals surface area contributed by atoms with Gasteiger partial charge in [0.05, 0.1) is 0 Å². The molecule has 0 heteroatoms. The average molecular weight is 175 g/mol. The van der Waals surface area contributed by atoms with Crippen molar-refractivity contribution in [2.24, 2.45) is 5.92 Å². The molecule has 1 rings (SSSR count). The molecule has 0 amide bonds. The molecule has 0 bridgehead atoms. The first-order chi connectivity index (χ1) is 6.29. The lowest BCUT2D eigenvalue weighted by Crippen LogP contribution is -2.07. The van der Waals surface area contributed by atoms with Gasteiger partial charge in [-0.3, -0.25) is 0 Å². The summed E-state index contributed by atoms with van der Waals surface area (Å²) in [6.45, 7) is 8.59. The Morgan fingerprint density at radius 1 is 1.23 bits per heavy atom. The van der Waals surface area contributed by atoms with E-state index in [2.05, 4.69) is 51.1 Å². The fourth-order valence-corrected chi connectivity index (χ4v) is 1.76. The van der Waals surface area contributed by atoms with E-state index in [-0.39, 0.29) is 0 Å². The minimum absolute atomic E-state index is 0.631. The second kappa shape index (κ2) is 5.06. The van der Waals surface area contributed by atoms with Crippen LogP contribution in [0.2, 0.25) is 0 Å². The van der Waals surface area contributed by atoms with Crippen molar-refractivity contribution in [2.75, 3.05) is 0 Å². The van der Waals surface area contributed by atoms with Gasteiger partial charge in [0.2, 0.25) is 0 Å². The Bertz CT molecular complexity index is 225. The quantitative estimate of drug-likeness (QED) is 0.648. The van der Waals surface area contributed by atoms with Crippen molar-refractivity contribution in [3.63, 3.8) is 0 Å². The third-order valence-corrected chi connectivity index (χ3v) is 2.87. The maximum atomic E-state index is 4.03. The van der Waals surface area contributed by atoms with Crippen molar-refractivity contribution in [1.82, 2.24) is 0 Å². The summed E-state index contributed by atoms with van der Waals surface area (Å²) in [6.07, 6.45) is 2.23. The van der Waals surface area contributed by atoms with Crippen molar-refractivity contribution in [2.45, 2.75) is 32.6 Å². The molecule has 0 saturated heterocycles. The molecule has 0 nitrogen and oxygen atoms in total. The number of hydrogen-bond acceptors (Lipinski definition) is 0. The minimum atomic E-state index is 0.631. The summed E-state index contributed by atoms with van der Waals surface area (Å²) in [4.78, 5) is 0. The van der Waals surface area contributed by atoms with E-state index in [0.717, 1.165) is 12.3 Å². The molecule has 0 aromatic heterocycles. The molecule has 0 aliphatic carbocycles. The van der Waals surface area contributed by atoms with E-state index in [1.807, 2.05) is 0 Å². The molecule has 2 atom stereocenters. The van der Waals surface area contributed by atoms with Crippen LogP contribution in [0.3, 0.4) is 0 Å². The standard InChI is InChI=1S/C13H19/c1-4-11(3)13(5-2)12-9-7-6-8-10-12/h6-11,13H,2,4-5H2,1,3H3. The molecule has 71 valence electrons. The molecule has 2 unspecified atom stereocenters. The van der Waals surface area contributed by atoms with E-state index in [9.17, 15) is 0 Å². The van der Waals surface area contributed by atoms with Crippen LogP contribution in [0.25, 0.3) is 0 Å². The van der Waals surface area contributed by atoms with Crippen molar-refractivity contribution < 1.29 is 0 Å². The van der Waals surface area contributed by atoms with Gasteiger partial charge in [-0.25, -0.2) is 0 Å². The summed E-state index contributed by atoms with van der Waals surface area (Å²) in [5, 5.41) is 0. The van der Waals surface area contributed by atoms with Gasteiger partial charge in [-0.05, 0) is 23.8 Å². The monoisotopic (exact) mass is 175 g/mol. The van der Waals surface area contributed by atoms with Gasteiger partial charge in [-0.2, -0.15) is 0 Å². The van der Waals surface area contributed by atoms with Gasteiger partial charge < -0.3 is 0 Å². The van der Waals surface area contributed by atoms with E-state index >= 15 is 0 Å². The normalized spacial score (nSPS) is 15.3. The summed E-state index contributed by atoms with van der Waals surface area (Å²) >= 11 is 0. The Morgan fingerprint density at radius 2 is 1.85 bits per heavy atom. The molecular formula is C13H19. The lowest BCUT2D eigenvalue weighted by molar-refractivity contribution is 0.447. The third-order valence-electron chi connectivity index (χ3n) is 2.87. The molecule has 0 aliphatic rings. The highest BCUT2D eigenvalue weighted by atomic mass is 14.2. The maximum absolute atomic E-state index is 4.03. The predicted molar refractivity (Wildman–Crippen MR) is 58.6 cm³/mol. The fourth-order valence-electron chi connectivity index (χ4n) is 1.76. The summed E-state index contributed by atoms with van der Waals surface area (Å²) in [7, 11) is 0. The largest absolute Gasteiger partial charge is 0.0651 e. The molecule has 0 fully saturated rings. The Hall–Kier alpha value is -0.780. The van der Waals surface area contributed by atoms with Crippen molar-refractivity contribution in [3.05, 3.63) is 42.8 Å². The summed E-state index contributed by atoms with van der Waals surface area (Å²) in [5.74, 6) is 1.37. The van der Waals surface area contributed by atoms with Gasteiger partial charge in [0.15, 0.2) is 0 Å². The fraction of sp³-hybridized carbons (Fsp3) is 0.462. The average Bonchev–Trinajstić information content (AvgIpc) is 2.20. The van der Waals surface area contributed by atoms with Gasteiger partial charge in [-0.1, -0.05) is 57.5 Å². The zero-order chi connectivity index (χ0) is 9.68. The van der Waals surface area contributed by atoms with Crippen LogP contribution in [0.1, 0.15) is 38.2 Å². The van der Waals surface area contributed by atoms with E-state index < -0.39 is 0 Å². The lowest BCUT2D eigenvalue weighted by atomic mass is 9.84. The van der Waals surface area contributed by atoms with E-state index in [1.54, 1.807) is 0 Å². The topological polar surface area (TPSA) is 0 Å². The van der Waals surface area contributed by atoms with Gasteiger partial charge in [0.25, 0.3) is 0 Å². The van der Waals surface area contributed by atoms with Crippen LogP contribution >= 0.6 is 0 Å². The molecule has 1 aromatic rings. The molecule has 1 aromatic carbocycles. The van der Waals surface area contributed by atoms with Crippen molar-refractivity contribution in [3.8, 4) is 0 Å². The summed E-state index contributed by atoms with van der Waals surface area (Å²) in [5.41, 5.74) is 1.44. The SMILES string of the molecule is [CH2]CC(c1ccccc1)C(C)CC. The summed E-state index contributed by atoms with van der Waals surface area (Å²) in [6, 6.07) is 10.7. The third kappa shape index (κ3) is 2.58. The van der Waals surface area contributed by atoms with Crippen molar-refractivity contribution >= 4 is 0 Å². The Kier molecular flexibility index (Phi) is 4.01. The van der Waals surface area contributed by atoms with Crippen LogP contribution in [0.15, 0.2) is 30.3 Å². The van der Waals surface area contributed by atoms with E-state index in [1.165, 1.54) is 12.0 Å². The number of benzene rings is 1. The van der Waals surface area contributed by atoms with Gasteiger partial charge in [0, 0.05) is 0 Å². The van der Waals surface area contributed by atoms with Crippen LogP contribution in [0.5, 0.6) is 0 Å².